The summed E-state index contributed by atoms with van der Waals surface area (Å²) >= 11 is 0. The summed E-state index contributed by atoms with van der Waals surface area (Å²) in [6, 6.07) is 10.4. The molecule has 9 rings (SSSR count). The number of nitrogens with one attached hydrogen (secondary N) is 1. The van der Waals surface area contributed by atoms with Gasteiger partial charge >= 0.3 is 0 Å². The molecule has 3 nitrogen and oxygen atoms in total. The van der Waals surface area contributed by atoms with Crippen molar-refractivity contribution in [1.29, 1.82) is 0 Å². The van der Waals surface area contributed by atoms with Crippen molar-refractivity contribution in [2.75, 3.05) is 18.0 Å². The Morgan fingerprint density at radius 3 is 2.37 bits per heavy atom. The van der Waals surface area contributed by atoms with E-state index in [4.69, 9.17) is 0 Å². The molecule has 51 heavy (non-hydrogen) atoms. The molecule has 10 atom stereocenters. The number of fused-ring (bicyclic) bond motifs is 4. The first-order chi connectivity index (χ1) is 25.2. The number of benzene rings is 1. The zero-order chi connectivity index (χ0) is 34.1. The molecule has 1 aromatic rings. The fourth-order valence-corrected chi connectivity index (χ4v) is 14.4. The quantitative estimate of drug-likeness (QED) is 0.210. The van der Waals surface area contributed by atoms with Crippen molar-refractivity contribution in [3.63, 3.8) is 0 Å². The first kappa shape index (κ1) is 33.8. The minimum Gasteiger partial charge on any atom is -0.387 e. The molecule has 0 amide bonds. The molecule has 266 valence electrons. The second-order valence-electron chi connectivity index (χ2n) is 16.4. The van der Waals surface area contributed by atoms with Gasteiger partial charge in [-0.3, -0.25) is 0 Å². The van der Waals surface area contributed by atoms with Crippen LogP contribution in [-0.4, -0.2) is 42.0 Å². The van der Waals surface area contributed by atoms with Crippen LogP contribution in [0.5, 0.6) is 0 Å². The largest absolute Gasteiger partial charge is 0.387 e. The summed E-state index contributed by atoms with van der Waals surface area (Å²) in [4.78, 5) is 2.82. The lowest BCUT2D eigenvalue weighted by Gasteiger charge is -2.42. The lowest BCUT2D eigenvalue weighted by atomic mass is 9.77. The van der Waals surface area contributed by atoms with Crippen molar-refractivity contribution in [2.45, 2.75) is 107 Å². The average Bonchev–Trinajstić information content (AvgIpc) is 3.53. The van der Waals surface area contributed by atoms with Crippen LogP contribution in [0.25, 0.3) is 0 Å². The molecule has 6 aliphatic carbocycles. The lowest BCUT2D eigenvalue weighted by Crippen LogP contribution is -2.39. The molecular formula is C47H57N2OP. The van der Waals surface area contributed by atoms with Crippen LogP contribution in [0, 0.1) is 23.7 Å². The highest BCUT2D eigenvalue weighted by Crippen LogP contribution is 2.65. The van der Waals surface area contributed by atoms with E-state index in [-0.39, 0.29) is 13.8 Å². The van der Waals surface area contributed by atoms with E-state index in [0.717, 1.165) is 49.5 Å². The monoisotopic (exact) mass is 696 g/mol. The summed E-state index contributed by atoms with van der Waals surface area (Å²) in [6.07, 6.45) is 47.5. The third kappa shape index (κ3) is 6.73. The van der Waals surface area contributed by atoms with Crippen molar-refractivity contribution < 1.29 is 5.11 Å². The SMILES string of the molecule is OC(C1=CCCC=C1)C(C1=CCCC=C1)c1ccc(N2C3C=CC(P(C4=CC=CCC4)C4=CCC5CCNCC5C4)CC3C3CC=CCC32)cc1. The molecule has 2 aliphatic heterocycles. The molecule has 0 saturated carbocycles. The van der Waals surface area contributed by atoms with E-state index >= 15 is 0 Å². The number of piperidine rings is 1. The molecule has 10 unspecified atom stereocenters. The third-order valence-corrected chi connectivity index (χ3v) is 16.6. The van der Waals surface area contributed by atoms with E-state index in [0.29, 0.717) is 29.6 Å². The van der Waals surface area contributed by atoms with E-state index < -0.39 is 6.10 Å². The van der Waals surface area contributed by atoms with Gasteiger partial charge in [0.15, 0.2) is 0 Å². The predicted molar refractivity (Wildman–Crippen MR) is 216 cm³/mol. The van der Waals surface area contributed by atoms with Crippen LogP contribution in [0.3, 0.4) is 0 Å². The minimum atomic E-state index is -0.534. The summed E-state index contributed by atoms with van der Waals surface area (Å²) in [5.41, 5.74) is 5.54. The molecule has 2 N–H and O–H groups in total. The van der Waals surface area contributed by atoms with Crippen LogP contribution in [0.15, 0.2) is 131 Å². The van der Waals surface area contributed by atoms with E-state index in [1.807, 2.05) is 5.31 Å². The molecule has 1 aromatic carbocycles. The highest BCUT2D eigenvalue weighted by molar-refractivity contribution is 7.67. The molecule has 4 heteroatoms. The zero-order valence-corrected chi connectivity index (χ0v) is 31.2. The van der Waals surface area contributed by atoms with Crippen LogP contribution in [0.2, 0.25) is 0 Å². The lowest BCUT2D eigenvalue weighted by molar-refractivity contribution is 0.194. The van der Waals surface area contributed by atoms with Crippen molar-refractivity contribution in [1.82, 2.24) is 5.32 Å². The molecule has 2 fully saturated rings. The van der Waals surface area contributed by atoms with E-state index in [1.54, 1.807) is 5.31 Å². The van der Waals surface area contributed by atoms with E-state index in [1.165, 1.54) is 74.9 Å². The minimum absolute atomic E-state index is 0.0476. The number of aliphatic hydroxyl groups is 1. The van der Waals surface area contributed by atoms with Gasteiger partial charge in [-0.2, -0.15) is 0 Å². The molecule has 0 radical (unpaired) electrons. The van der Waals surface area contributed by atoms with Crippen LogP contribution >= 0.6 is 7.92 Å². The maximum Gasteiger partial charge on any atom is 0.0895 e. The van der Waals surface area contributed by atoms with Crippen LogP contribution in [0.4, 0.5) is 5.69 Å². The Kier molecular flexibility index (Phi) is 10.1. The second kappa shape index (κ2) is 15.2. The maximum absolute atomic E-state index is 11.8. The number of anilines is 1. The summed E-state index contributed by atoms with van der Waals surface area (Å²) in [6.45, 7) is 2.41. The van der Waals surface area contributed by atoms with Crippen molar-refractivity contribution in [2.24, 2.45) is 23.7 Å². The first-order valence-corrected chi connectivity index (χ1v) is 21.8. The van der Waals surface area contributed by atoms with Crippen LogP contribution < -0.4 is 10.2 Å². The van der Waals surface area contributed by atoms with Gasteiger partial charge in [0.2, 0.25) is 0 Å². The van der Waals surface area contributed by atoms with Gasteiger partial charge in [-0.15, -0.1) is 0 Å². The van der Waals surface area contributed by atoms with Crippen LogP contribution in [0.1, 0.15) is 88.5 Å². The highest BCUT2D eigenvalue weighted by Gasteiger charge is 2.50. The summed E-state index contributed by atoms with van der Waals surface area (Å²) in [5, 5.41) is 19.1. The number of rotatable bonds is 8. The molecule has 0 aromatic heterocycles. The number of allylic oxidation sites excluding steroid dienone is 13. The molecular weight excluding hydrogens is 640 g/mol. The normalized spacial score (nSPS) is 34.4. The highest BCUT2D eigenvalue weighted by atomic mass is 31.1. The van der Waals surface area contributed by atoms with Gasteiger partial charge < -0.3 is 15.3 Å². The van der Waals surface area contributed by atoms with Crippen LogP contribution in [-0.2, 0) is 0 Å². The topological polar surface area (TPSA) is 35.5 Å². The molecule has 0 bridgehead atoms. The Hall–Kier alpha value is -2.97. The fourth-order valence-electron chi connectivity index (χ4n) is 11.1. The Morgan fingerprint density at radius 2 is 1.59 bits per heavy atom. The smallest absolute Gasteiger partial charge is 0.0895 e. The second-order valence-corrected chi connectivity index (χ2v) is 19.0. The average molecular weight is 697 g/mol. The predicted octanol–water partition coefficient (Wildman–Crippen LogP) is 10.8. The standard InChI is InChI=1S/C47H57N2OP/c50-47(36-14-6-2-7-15-36)46(34-12-4-1-5-13-34)35-20-23-38(24-21-35)49-44-19-11-10-18-42(44)43-31-41(26-27-45(43)49)51(39-16-8-3-9-17-39)40-25-22-33-28-29-48-32-37(33)30-40/h3-4,6,8,10-16,20-21,23-27,33,37,41-48,50H,1-2,5,7,9,17-19,22,28-32H2. The van der Waals surface area contributed by atoms with Crippen molar-refractivity contribution in [3.8, 4) is 0 Å². The molecule has 8 aliphatic rings. The Balaban J connectivity index is 1.01. The van der Waals surface area contributed by atoms with Gasteiger partial charge in [-0.05, 0) is 161 Å². The van der Waals surface area contributed by atoms with Gasteiger partial charge in [0.05, 0.1) is 12.1 Å². The van der Waals surface area contributed by atoms with E-state index in [9.17, 15) is 5.11 Å². The Labute approximate surface area is 308 Å². The number of nitrogens with zero attached hydrogens (tertiary/aromatic N) is 1. The molecule has 2 heterocycles. The summed E-state index contributed by atoms with van der Waals surface area (Å²) in [5.74, 6) is 3.05. The van der Waals surface area contributed by atoms with Gasteiger partial charge in [0.1, 0.15) is 0 Å². The van der Waals surface area contributed by atoms with Gasteiger partial charge in [-0.1, -0.05) is 97.2 Å². The third-order valence-electron chi connectivity index (χ3n) is 13.6. The Morgan fingerprint density at radius 1 is 0.765 bits per heavy atom. The number of aliphatic hydroxyl groups excluding tert-OH is 1. The van der Waals surface area contributed by atoms with Crippen molar-refractivity contribution in [3.05, 3.63) is 137 Å². The van der Waals surface area contributed by atoms with Gasteiger partial charge in [-0.25, -0.2) is 0 Å². The van der Waals surface area contributed by atoms with Gasteiger partial charge in [0.25, 0.3) is 0 Å². The Bertz CT molecular complexity index is 1720. The van der Waals surface area contributed by atoms with Gasteiger partial charge in [0, 0.05) is 23.3 Å². The van der Waals surface area contributed by atoms with Crippen molar-refractivity contribution >= 4 is 13.6 Å². The fraction of sp³-hybridized carbons (Fsp3) is 0.489. The van der Waals surface area contributed by atoms with E-state index in [2.05, 4.69) is 120 Å². The molecule has 0 spiro atoms. The number of hydrogen-bond acceptors (Lipinski definition) is 3. The zero-order valence-electron chi connectivity index (χ0n) is 30.3. The number of hydrogen-bond donors (Lipinski definition) is 2. The maximum atomic E-state index is 11.8. The first-order valence-electron chi connectivity index (χ1n) is 20.4. The summed E-state index contributed by atoms with van der Waals surface area (Å²) < 4.78 is 0. The molecule has 2 saturated heterocycles. The summed E-state index contributed by atoms with van der Waals surface area (Å²) in [7, 11) is -0.319.